The first-order chi connectivity index (χ1) is 8.04. The molecule has 1 saturated heterocycles. The SMILES string of the molecule is Br.Nc1ncn([C@@H]2O[C@H](CO)C(O)C2O)c(=O)n1. The normalized spacial score (nSPS) is 31.1. The van der Waals surface area contributed by atoms with Gasteiger partial charge in [-0.3, -0.25) is 4.57 Å². The Morgan fingerprint density at radius 1 is 1.44 bits per heavy atom. The summed E-state index contributed by atoms with van der Waals surface area (Å²) >= 11 is 0. The molecule has 1 aromatic rings. The maximum Gasteiger partial charge on any atom is 0.354 e. The molecule has 10 heteroatoms. The average molecular weight is 325 g/mol. The van der Waals surface area contributed by atoms with E-state index >= 15 is 0 Å². The molecule has 0 radical (unpaired) electrons. The fraction of sp³-hybridized carbons (Fsp3) is 0.625. The van der Waals surface area contributed by atoms with E-state index in [0.717, 1.165) is 10.9 Å². The number of aromatic nitrogens is 3. The summed E-state index contributed by atoms with van der Waals surface area (Å²) in [7, 11) is 0. The topological polar surface area (TPSA) is 144 Å². The molecule has 2 heterocycles. The predicted octanol–water partition coefficient (Wildman–Crippen LogP) is -2.59. The molecular weight excluding hydrogens is 312 g/mol. The van der Waals surface area contributed by atoms with Gasteiger partial charge in [0.25, 0.3) is 0 Å². The fourth-order valence-electron chi connectivity index (χ4n) is 1.64. The van der Waals surface area contributed by atoms with E-state index < -0.39 is 36.8 Å². The summed E-state index contributed by atoms with van der Waals surface area (Å²) < 4.78 is 6.04. The van der Waals surface area contributed by atoms with Gasteiger partial charge in [-0.1, -0.05) is 0 Å². The van der Waals surface area contributed by atoms with Crippen LogP contribution in [0.3, 0.4) is 0 Å². The number of anilines is 1. The number of hydrogen-bond acceptors (Lipinski definition) is 8. The molecule has 0 aliphatic carbocycles. The van der Waals surface area contributed by atoms with E-state index in [-0.39, 0.29) is 22.9 Å². The Hall–Kier alpha value is -1.07. The zero-order chi connectivity index (χ0) is 12.6. The second-order valence-corrected chi connectivity index (χ2v) is 3.63. The van der Waals surface area contributed by atoms with Gasteiger partial charge < -0.3 is 25.8 Å². The van der Waals surface area contributed by atoms with Gasteiger partial charge in [0, 0.05) is 0 Å². The summed E-state index contributed by atoms with van der Waals surface area (Å²) in [6, 6.07) is 0. The van der Waals surface area contributed by atoms with Crippen LogP contribution in [0.2, 0.25) is 0 Å². The molecule has 9 nitrogen and oxygen atoms in total. The van der Waals surface area contributed by atoms with Crippen molar-refractivity contribution in [3.05, 3.63) is 16.8 Å². The van der Waals surface area contributed by atoms with Gasteiger partial charge in [0.1, 0.15) is 24.6 Å². The molecule has 1 aliphatic rings. The van der Waals surface area contributed by atoms with E-state index in [4.69, 9.17) is 15.6 Å². The lowest BCUT2D eigenvalue weighted by atomic mass is 10.1. The maximum absolute atomic E-state index is 11.5. The molecule has 1 aromatic heterocycles. The molecule has 0 bridgehead atoms. The molecule has 1 aliphatic heterocycles. The van der Waals surface area contributed by atoms with E-state index in [1.807, 2.05) is 0 Å². The molecule has 0 amide bonds. The lowest BCUT2D eigenvalue weighted by Crippen LogP contribution is -2.36. The molecular formula is C8H13BrN4O5. The summed E-state index contributed by atoms with van der Waals surface area (Å²) in [5, 5.41) is 28.1. The summed E-state index contributed by atoms with van der Waals surface area (Å²) in [6.45, 7) is -0.473. The molecule has 2 unspecified atom stereocenters. The number of hydrogen-bond donors (Lipinski definition) is 4. The number of halogens is 1. The zero-order valence-corrected chi connectivity index (χ0v) is 10.8. The molecule has 4 atom stereocenters. The Kier molecular flexibility index (Phi) is 4.76. The Bertz CT molecular complexity index is 469. The van der Waals surface area contributed by atoms with Crippen LogP contribution in [0.1, 0.15) is 6.23 Å². The molecule has 18 heavy (non-hydrogen) atoms. The van der Waals surface area contributed by atoms with Crippen molar-refractivity contribution in [2.24, 2.45) is 0 Å². The first-order valence-electron chi connectivity index (χ1n) is 4.87. The first-order valence-corrected chi connectivity index (χ1v) is 4.87. The number of nitrogens with two attached hydrogens (primary N) is 1. The third kappa shape index (κ3) is 2.52. The minimum atomic E-state index is -1.35. The quantitative estimate of drug-likeness (QED) is 0.464. The first kappa shape index (κ1) is 15.0. The highest BCUT2D eigenvalue weighted by molar-refractivity contribution is 8.93. The lowest BCUT2D eigenvalue weighted by Gasteiger charge is -2.16. The van der Waals surface area contributed by atoms with Crippen molar-refractivity contribution in [2.45, 2.75) is 24.5 Å². The highest BCUT2D eigenvalue weighted by atomic mass is 79.9. The number of rotatable bonds is 2. The third-order valence-electron chi connectivity index (χ3n) is 2.54. The molecule has 0 aromatic carbocycles. The van der Waals surface area contributed by atoms with Crippen LogP contribution >= 0.6 is 17.0 Å². The van der Waals surface area contributed by atoms with Crippen LogP contribution in [-0.4, -0.2) is 54.8 Å². The van der Waals surface area contributed by atoms with Crippen molar-refractivity contribution in [1.29, 1.82) is 0 Å². The van der Waals surface area contributed by atoms with Gasteiger partial charge in [-0.25, -0.2) is 9.78 Å². The summed E-state index contributed by atoms with van der Waals surface area (Å²) in [5.74, 6) is -0.196. The van der Waals surface area contributed by atoms with Crippen LogP contribution in [0, 0.1) is 0 Å². The van der Waals surface area contributed by atoms with Crippen LogP contribution < -0.4 is 11.4 Å². The van der Waals surface area contributed by atoms with E-state index in [9.17, 15) is 15.0 Å². The molecule has 102 valence electrons. The molecule has 1 fully saturated rings. The lowest BCUT2D eigenvalue weighted by molar-refractivity contribution is -0.0554. The Balaban J connectivity index is 0.00000162. The highest BCUT2D eigenvalue weighted by Gasteiger charge is 2.43. The number of aliphatic hydroxyl groups is 3. The zero-order valence-electron chi connectivity index (χ0n) is 9.08. The van der Waals surface area contributed by atoms with E-state index in [1.54, 1.807) is 0 Å². The Morgan fingerprint density at radius 2 is 2.11 bits per heavy atom. The van der Waals surface area contributed by atoms with Crippen molar-refractivity contribution in [3.8, 4) is 0 Å². The minimum absolute atomic E-state index is 0. The van der Waals surface area contributed by atoms with Crippen molar-refractivity contribution in [2.75, 3.05) is 12.3 Å². The monoisotopic (exact) mass is 324 g/mol. The summed E-state index contributed by atoms with van der Waals surface area (Å²) in [6.07, 6.45) is -3.67. The van der Waals surface area contributed by atoms with Crippen molar-refractivity contribution >= 4 is 22.9 Å². The number of aliphatic hydroxyl groups excluding tert-OH is 3. The second kappa shape index (κ2) is 5.71. The van der Waals surface area contributed by atoms with Crippen molar-refractivity contribution in [1.82, 2.24) is 14.5 Å². The van der Waals surface area contributed by atoms with Gasteiger partial charge in [-0.15, -0.1) is 17.0 Å². The van der Waals surface area contributed by atoms with Gasteiger partial charge >= 0.3 is 5.69 Å². The van der Waals surface area contributed by atoms with Crippen LogP contribution in [0.25, 0.3) is 0 Å². The second-order valence-electron chi connectivity index (χ2n) is 3.63. The molecule has 0 spiro atoms. The predicted molar refractivity (Wildman–Crippen MR) is 64.0 cm³/mol. The van der Waals surface area contributed by atoms with Gasteiger partial charge in [0.05, 0.1) is 6.61 Å². The summed E-state index contributed by atoms with van der Waals surface area (Å²) in [4.78, 5) is 18.4. The van der Waals surface area contributed by atoms with Gasteiger partial charge in [-0.2, -0.15) is 4.98 Å². The minimum Gasteiger partial charge on any atom is -0.394 e. The Morgan fingerprint density at radius 3 is 2.61 bits per heavy atom. The molecule has 2 rings (SSSR count). The third-order valence-corrected chi connectivity index (χ3v) is 2.54. The standard InChI is InChI=1S/C8H12N4O5.BrH/c9-7-10-2-12(8(16)11-7)6-5(15)4(14)3(1-13)17-6;/h2-6,13-15H,1H2,(H2,9,11,16);1H/t3-,4?,5?,6-;/m1./s1. The van der Waals surface area contributed by atoms with E-state index in [0.29, 0.717) is 0 Å². The van der Waals surface area contributed by atoms with E-state index in [1.165, 1.54) is 0 Å². The number of nitrogen functional groups attached to an aromatic ring is 1. The van der Waals surface area contributed by atoms with Crippen molar-refractivity contribution < 1.29 is 20.1 Å². The van der Waals surface area contributed by atoms with Gasteiger partial charge in [0.2, 0.25) is 5.95 Å². The number of ether oxygens (including phenoxy) is 1. The van der Waals surface area contributed by atoms with Gasteiger partial charge in [0.15, 0.2) is 6.23 Å². The maximum atomic E-state index is 11.5. The van der Waals surface area contributed by atoms with Crippen LogP contribution in [0.5, 0.6) is 0 Å². The van der Waals surface area contributed by atoms with Crippen LogP contribution in [0.4, 0.5) is 5.95 Å². The summed E-state index contributed by atoms with van der Waals surface area (Å²) in [5.41, 5.74) is 4.46. The van der Waals surface area contributed by atoms with Gasteiger partial charge in [-0.05, 0) is 0 Å². The van der Waals surface area contributed by atoms with Crippen LogP contribution in [-0.2, 0) is 4.74 Å². The van der Waals surface area contributed by atoms with Crippen molar-refractivity contribution in [3.63, 3.8) is 0 Å². The molecule has 5 N–H and O–H groups in total. The van der Waals surface area contributed by atoms with E-state index in [2.05, 4.69) is 9.97 Å². The molecule has 0 saturated carbocycles. The smallest absolute Gasteiger partial charge is 0.354 e. The largest absolute Gasteiger partial charge is 0.394 e. The fourth-order valence-corrected chi connectivity index (χ4v) is 1.64. The number of nitrogens with zero attached hydrogens (tertiary/aromatic N) is 3. The highest BCUT2D eigenvalue weighted by Crippen LogP contribution is 2.27. The Labute approximate surface area is 112 Å². The van der Waals surface area contributed by atoms with Crippen LogP contribution in [0.15, 0.2) is 11.1 Å². The average Bonchev–Trinajstić information content (AvgIpc) is 2.57.